The molecule has 0 aliphatic carbocycles. The average molecular weight is 522 g/mol. The first-order valence-corrected chi connectivity index (χ1v) is 14.1. The topological polar surface area (TPSA) is 86.8 Å². The van der Waals surface area contributed by atoms with Gasteiger partial charge in [-0.15, -0.1) is 0 Å². The van der Waals surface area contributed by atoms with Crippen molar-refractivity contribution in [3.63, 3.8) is 0 Å². The van der Waals surface area contributed by atoms with Crippen LogP contribution >= 0.6 is 11.6 Å². The van der Waals surface area contributed by atoms with Crippen molar-refractivity contribution in [3.05, 3.63) is 64.2 Å². The molecule has 1 N–H and O–H groups in total. The summed E-state index contributed by atoms with van der Waals surface area (Å²) in [5, 5.41) is 3.40. The predicted octanol–water partition coefficient (Wildman–Crippen LogP) is 4.45. The van der Waals surface area contributed by atoms with Gasteiger partial charge in [0.1, 0.15) is 6.04 Å². The summed E-state index contributed by atoms with van der Waals surface area (Å²) in [6, 6.07) is 12.0. The van der Waals surface area contributed by atoms with Crippen LogP contribution in [-0.4, -0.2) is 50.5 Å². The molecular weight excluding hydrogens is 486 g/mol. The first kappa shape index (κ1) is 28.7. The number of carbonyl (C=O) groups excluding carboxylic acids is 2. The lowest BCUT2D eigenvalue weighted by molar-refractivity contribution is -0.141. The normalized spacial score (nSPS) is 12.2. The predicted molar refractivity (Wildman–Crippen MR) is 142 cm³/mol. The fourth-order valence-electron chi connectivity index (χ4n) is 3.88. The van der Waals surface area contributed by atoms with E-state index in [1.165, 1.54) is 10.6 Å². The van der Waals surface area contributed by atoms with E-state index < -0.39 is 16.1 Å². The van der Waals surface area contributed by atoms with Gasteiger partial charge in [-0.25, -0.2) is 8.42 Å². The van der Waals surface area contributed by atoms with Gasteiger partial charge >= 0.3 is 0 Å². The van der Waals surface area contributed by atoms with E-state index >= 15 is 0 Å². The third-order valence-corrected chi connectivity index (χ3v) is 7.38. The van der Waals surface area contributed by atoms with Crippen LogP contribution in [0.5, 0.6) is 0 Å². The Labute approximate surface area is 214 Å². The molecule has 0 radical (unpaired) electrons. The number of likely N-dealkylation sites (N-methyl/N-ethyl adjacent to an activating group) is 1. The fraction of sp³-hybridized carbons (Fsp3) is 0.462. The Morgan fingerprint density at radius 2 is 1.69 bits per heavy atom. The summed E-state index contributed by atoms with van der Waals surface area (Å²) in [4.78, 5) is 27.6. The van der Waals surface area contributed by atoms with Gasteiger partial charge in [-0.05, 0) is 74.6 Å². The van der Waals surface area contributed by atoms with Crippen molar-refractivity contribution in [2.24, 2.45) is 0 Å². The number of carbonyl (C=O) groups is 2. The smallest absolute Gasteiger partial charge is 0.242 e. The highest BCUT2D eigenvalue weighted by Crippen LogP contribution is 2.22. The Balaban J connectivity index is 2.21. The van der Waals surface area contributed by atoms with E-state index in [0.29, 0.717) is 30.1 Å². The van der Waals surface area contributed by atoms with Crippen molar-refractivity contribution in [1.82, 2.24) is 10.2 Å². The van der Waals surface area contributed by atoms with Crippen molar-refractivity contribution in [3.8, 4) is 0 Å². The van der Waals surface area contributed by atoms with Crippen molar-refractivity contribution in [2.75, 3.05) is 23.7 Å². The largest absolute Gasteiger partial charge is 0.355 e. The van der Waals surface area contributed by atoms with Crippen LogP contribution < -0.4 is 9.62 Å². The molecule has 0 saturated heterocycles. The lowest BCUT2D eigenvalue weighted by Gasteiger charge is -2.31. The molecule has 0 aliphatic heterocycles. The fourth-order valence-corrected chi connectivity index (χ4v) is 4.97. The molecule has 1 unspecified atom stereocenters. The molecule has 9 heteroatoms. The van der Waals surface area contributed by atoms with Crippen molar-refractivity contribution in [2.45, 2.75) is 59.5 Å². The lowest BCUT2D eigenvalue weighted by atomic mass is 10.1. The molecule has 0 bridgehead atoms. The maximum Gasteiger partial charge on any atom is 0.242 e. The summed E-state index contributed by atoms with van der Waals surface area (Å²) >= 11 is 6.00. The van der Waals surface area contributed by atoms with Gasteiger partial charge in [-0.3, -0.25) is 13.9 Å². The molecule has 192 valence electrons. The van der Waals surface area contributed by atoms with Crippen molar-refractivity contribution >= 4 is 39.1 Å². The molecule has 1 atom stereocenters. The van der Waals surface area contributed by atoms with Crippen LogP contribution in [0.15, 0.2) is 42.5 Å². The Hall–Kier alpha value is -2.58. The quantitative estimate of drug-likeness (QED) is 0.447. The van der Waals surface area contributed by atoms with Crippen LogP contribution in [0.25, 0.3) is 0 Å². The van der Waals surface area contributed by atoms with Crippen LogP contribution in [0.4, 0.5) is 5.69 Å². The number of rotatable bonds is 12. The average Bonchev–Trinajstić information content (AvgIpc) is 2.79. The number of benzene rings is 2. The number of anilines is 1. The first-order chi connectivity index (χ1) is 16.5. The van der Waals surface area contributed by atoms with Gasteiger partial charge in [-0.2, -0.15) is 0 Å². The molecule has 0 aromatic heterocycles. The summed E-state index contributed by atoms with van der Waals surface area (Å²) < 4.78 is 26.3. The molecule has 0 aliphatic rings. The molecule has 7 nitrogen and oxygen atoms in total. The van der Waals surface area contributed by atoms with Gasteiger partial charge < -0.3 is 10.2 Å². The van der Waals surface area contributed by atoms with E-state index in [1.807, 2.05) is 52.0 Å². The molecular formula is C26H36ClN3O4S. The van der Waals surface area contributed by atoms with Crippen molar-refractivity contribution in [1.29, 1.82) is 0 Å². The molecule has 0 heterocycles. The summed E-state index contributed by atoms with van der Waals surface area (Å²) in [7, 11) is -3.53. The molecule has 2 amide bonds. The highest BCUT2D eigenvalue weighted by Gasteiger charge is 2.28. The number of sulfonamides is 1. The minimum Gasteiger partial charge on any atom is -0.355 e. The monoisotopic (exact) mass is 521 g/mol. The highest BCUT2D eigenvalue weighted by molar-refractivity contribution is 7.92. The second-order valence-electron chi connectivity index (χ2n) is 8.67. The van der Waals surface area contributed by atoms with Gasteiger partial charge in [0.15, 0.2) is 0 Å². The number of aryl methyl sites for hydroxylation is 2. The zero-order chi connectivity index (χ0) is 26.2. The molecule has 2 aromatic carbocycles. The summed E-state index contributed by atoms with van der Waals surface area (Å²) in [6.45, 7) is 8.51. The molecule has 0 saturated carbocycles. The third kappa shape index (κ3) is 8.25. The summed E-state index contributed by atoms with van der Waals surface area (Å²) in [5.74, 6) is -0.406. The zero-order valence-electron chi connectivity index (χ0n) is 21.2. The van der Waals surface area contributed by atoms with Gasteiger partial charge in [0.2, 0.25) is 21.8 Å². The van der Waals surface area contributed by atoms with Crippen LogP contribution in [-0.2, 0) is 26.2 Å². The van der Waals surface area contributed by atoms with Crippen molar-refractivity contribution < 1.29 is 18.0 Å². The van der Waals surface area contributed by atoms with E-state index in [1.54, 1.807) is 23.1 Å². The van der Waals surface area contributed by atoms with E-state index in [0.717, 1.165) is 16.7 Å². The van der Waals surface area contributed by atoms with Crippen LogP contribution in [0.1, 0.15) is 49.8 Å². The number of hydrogen-bond acceptors (Lipinski definition) is 4. The summed E-state index contributed by atoms with van der Waals surface area (Å²) in [6.07, 6.45) is 2.06. The first-order valence-electron chi connectivity index (χ1n) is 11.8. The molecule has 35 heavy (non-hydrogen) atoms. The maximum atomic E-state index is 13.3. The molecule has 0 spiro atoms. The third-order valence-electron chi connectivity index (χ3n) is 5.93. The minimum atomic E-state index is -3.53. The Bertz CT molecular complexity index is 1120. The maximum absolute atomic E-state index is 13.3. The molecule has 0 fully saturated rings. The highest BCUT2D eigenvalue weighted by atomic mass is 35.5. The van der Waals surface area contributed by atoms with Crippen LogP contribution in [0.3, 0.4) is 0 Å². The van der Waals surface area contributed by atoms with E-state index in [2.05, 4.69) is 5.32 Å². The lowest BCUT2D eigenvalue weighted by Crippen LogP contribution is -2.49. The van der Waals surface area contributed by atoms with Gasteiger partial charge in [0, 0.05) is 31.1 Å². The second kappa shape index (κ2) is 12.9. The SMILES string of the molecule is CCNC(=O)C(CC)N(Cc1ccc(Cl)cc1)C(=O)CCCN(c1ccc(C)c(C)c1)S(C)(=O)=O. The van der Waals surface area contributed by atoms with Gasteiger partial charge in [0.05, 0.1) is 11.9 Å². The summed E-state index contributed by atoms with van der Waals surface area (Å²) in [5.41, 5.74) is 3.51. The molecule has 2 aromatic rings. The number of halogens is 1. The van der Waals surface area contributed by atoms with E-state index in [4.69, 9.17) is 11.6 Å². The van der Waals surface area contributed by atoms with Crippen LogP contribution in [0.2, 0.25) is 5.02 Å². The molecule has 2 rings (SSSR count). The second-order valence-corrected chi connectivity index (χ2v) is 11.0. The number of hydrogen-bond donors (Lipinski definition) is 1. The Morgan fingerprint density at radius 3 is 2.23 bits per heavy atom. The van der Waals surface area contributed by atoms with E-state index in [-0.39, 0.29) is 31.3 Å². The Kier molecular flexibility index (Phi) is 10.6. The van der Waals surface area contributed by atoms with E-state index in [9.17, 15) is 18.0 Å². The van der Waals surface area contributed by atoms with Gasteiger partial charge in [-0.1, -0.05) is 36.7 Å². The van der Waals surface area contributed by atoms with Crippen LogP contribution in [0, 0.1) is 13.8 Å². The minimum absolute atomic E-state index is 0.111. The zero-order valence-corrected chi connectivity index (χ0v) is 22.7. The Morgan fingerprint density at radius 1 is 1.03 bits per heavy atom. The number of amides is 2. The van der Waals surface area contributed by atoms with Gasteiger partial charge in [0.25, 0.3) is 0 Å². The number of nitrogens with zero attached hydrogens (tertiary/aromatic N) is 2. The standard InChI is InChI=1S/C26H36ClN3O4S/c1-6-24(26(32)28-7-2)29(18-21-11-13-22(27)14-12-21)25(31)9-8-16-30(35(5,33)34)23-15-10-19(3)20(4)17-23/h10-15,17,24H,6-9,16,18H2,1-5H3,(H,28,32). The number of nitrogens with one attached hydrogen (secondary N) is 1.